The summed E-state index contributed by atoms with van der Waals surface area (Å²) >= 11 is 5.81. The van der Waals surface area contributed by atoms with Crippen molar-refractivity contribution < 1.29 is 30.7 Å². The van der Waals surface area contributed by atoms with Gasteiger partial charge in [0.05, 0.1) is 10.6 Å². The molecule has 2 aliphatic rings. The second-order valence-electron chi connectivity index (χ2n) is 8.10. The van der Waals surface area contributed by atoms with E-state index in [0.29, 0.717) is 21.9 Å². The molecule has 1 N–H and O–H groups in total. The van der Waals surface area contributed by atoms with Crippen LogP contribution in [-0.4, -0.2) is 18.1 Å². The van der Waals surface area contributed by atoms with Crippen LogP contribution in [0.4, 0.5) is 0 Å². The molecular formula is C28H25ClIN2O2-. The number of rotatable bonds is 6. The van der Waals surface area contributed by atoms with E-state index in [2.05, 4.69) is 47.8 Å². The Morgan fingerprint density at radius 3 is 2.47 bits per heavy atom. The van der Waals surface area contributed by atoms with Gasteiger partial charge in [-0.15, -0.1) is 0 Å². The molecule has 0 saturated heterocycles. The van der Waals surface area contributed by atoms with Gasteiger partial charge in [-0.05, 0) is 12.1 Å². The molecule has 2 aromatic rings. The Kier molecular flexibility index (Phi) is 8.62. The molecule has 4 nitrogen and oxygen atoms in total. The molecule has 0 heterocycles. The van der Waals surface area contributed by atoms with E-state index < -0.39 is 0 Å². The minimum absolute atomic E-state index is 0.0221. The van der Waals surface area contributed by atoms with E-state index in [1.165, 1.54) is 7.15 Å². The van der Waals surface area contributed by atoms with Crippen molar-refractivity contribution in [1.82, 2.24) is 5.32 Å². The van der Waals surface area contributed by atoms with E-state index in [4.69, 9.17) is 21.6 Å². The Morgan fingerprint density at radius 1 is 1.00 bits per heavy atom. The van der Waals surface area contributed by atoms with Crippen molar-refractivity contribution in [2.75, 3.05) is 0 Å². The zero-order chi connectivity index (χ0) is 23.8. The van der Waals surface area contributed by atoms with Gasteiger partial charge in [0, 0.05) is 6.07 Å². The number of amides is 1. The molecule has 0 bridgehead atoms. The summed E-state index contributed by atoms with van der Waals surface area (Å²) in [5.74, 6) is 0.656. The van der Waals surface area contributed by atoms with Gasteiger partial charge in [-0.2, -0.15) is 5.26 Å². The summed E-state index contributed by atoms with van der Waals surface area (Å²) in [6.07, 6.45) is 18.1. The predicted molar refractivity (Wildman–Crippen MR) is 131 cm³/mol. The van der Waals surface area contributed by atoms with Gasteiger partial charge in [0.1, 0.15) is 6.07 Å². The number of nitriles is 1. The SMILES string of the molecule is N#Cc1ccc(OC2CCC(NC(=O)c3ccc([I-]C4=C/C=C\C=C/C=C\4)cc3)CC2)cc1Cl. The number of hydrogen-bond donors (Lipinski definition) is 1. The number of hydrogen-bond acceptors (Lipinski definition) is 3. The van der Waals surface area contributed by atoms with Crippen molar-refractivity contribution in [2.45, 2.75) is 37.8 Å². The maximum Gasteiger partial charge on any atom is 0.0620 e. The molecule has 174 valence electrons. The van der Waals surface area contributed by atoms with Gasteiger partial charge in [-0.25, -0.2) is 0 Å². The summed E-state index contributed by atoms with van der Waals surface area (Å²) in [4.78, 5) is 12.8. The van der Waals surface area contributed by atoms with Crippen LogP contribution in [0.25, 0.3) is 0 Å². The van der Waals surface area contributed by atoms with Crippen LogP contribution in [0.1, 0.15) is 41.6 Å². The Hall–Kier alpha value is -2.82. The van der Waals surface area contributed by atoms with Crippen LogP contribution in [0.15, 0.2) is 88.6 Å². The molecule has 0 radical (unpaired) electrons. The van der Waals surface area contributed by atoms with E-state index in [0.717, 1.165) is 25.7 Å². The summed E-state index contributed by atoms with van der Waals surface area (Å²) < 4.78 is 8.66. The summed E-state index contributed by atoms with van der Waals surface area (Å²) in [5.41, 5.74) is 1.14. The van der Waals surface area contributed by atoms with E-state index in [1.54, 1.807) is 18.2 Å². The van der Waals surface area contributed by atoms with Gasteiger partial charge in [-0.3, -0.25) is 0 Å². The first-order chi connectivity index (χ1) is 16.6. The smallest absolute Gasteiger partial charge is 0.0620 e. The van der Waals surface area contributed by atoms with Gasteiger partial charge in [0.25, 0.3) is 0 Å². The first-order valence-corrected chi connectivity index (χ1v) is 13.8. The number of allylic oxidation sites excluding steroid dienone is 8. The predicted octanol–water partition coefficient (Wildman–Crippen LogP) is 3.16. The van der Waals surface area contributed by atoms with Gasteiger partial charge in [-0.1, -0.05) is 11.6 Å². The van der Waals surface area contributed by atoms with Gasteiger partial charge >= 0.3 is 165 Å². The number of carbonyl (C=O) groups excluding carboxylic acids is 1. The summed E-state index contributed by atoms with van der Waals surface area (Å²) in [6.45, 7) is 0. The fourth-order valence-corrected chi connectivity index (χ4v) is 6.27. The van der Waals surface area contributed by atoms with Crippen molar-refractivity contribution in [3.8, 4) is 11.8 Å². The number of ether oxygens (including phenoxy) is 1. The Bertz CT molecular complexity index is 1180. The quantitative estimate of drug-likeness (QED) is 0.532. The largest absolute Gasteiger partial charge is 0.0828 e. The van der Waals surface area contributed by atoms with Crippen LogP contribution >= 0.6 is 11.6 Å². The number of halogens is 2. The monoisotopic (exact) mass is 583 g/mol. The fraction of sp³-hybridized carbons (Fsp3) is 0.214. The van der Waals surface area contributed by atoms with Gasteiger partial charge in [0.15, 0.2) is 0 Å². The molecule has 0 aromatic heterocycles. The molecule has 2 aliphatic carbocycles. The van der Waals surface area contributed by atoms with Gasteiger partial charge in [0.2, 0.25) is 0 Å². The topological polar surface area (TPSA) is 62.1 Å². The van der Waals surface area contributed by atoms with Crippen molar-refractivity contribution in [2.24, 2.45) is 0 Å². The fourth-order valence-electron chi connectivity index (χ4n) is 3.84. The summed E-state index contributed by atoms with van der Waals surface area (Å²) in [5, 5.41) is 12.6. The van der Waals surface area contributed by atoms with Crippen LogP contribution in [0.3, 0.4) is 0 Å². The molecule has 0 spiro atoms. The Morgan fingerprint density at radius 2 is 1.74 bits per heavy atom. The minimum Gasteiger partial charge on any atom is -0.0828 e. The molecule has 34 heavy (non-hydrogen) atoms. The molecule has 6 heteroatoms. The summed E-state index contributed by atoms with van der Waals surface area (Å²) in [7, 11) is 0. The Labute approximate surface area is 215 Å². The van der Waals surface area contributed by atoms with Crippen molar-refractivity contribution in [3.05, 3.63) is 108 Å². The molecule has 0 atom stereocenters. The third kappa shape index (κ3) is 6.85. The standard InChI is InChI=1S/C28H25ClIN2O2/c29-27-18-26(15-10-21(27)19-31)34-25-16-13-24(14-17-25)32-28(33)20-8-11-23(12-9-20)30-22-6-4-2-1-3-5-7-22/h1-12,15,18,24-25H,13-14,16-17H2,(H,32,33)/q-1/b2-1-,3-1?,4-2?,5-3-,6-4-,7-5?,22-6?,22-7+. The molecular weight excluding hydrogens is 559 g/mol. The molecule has 1 saturated carbocycles. The molecule has 0 aliphatic heterocycles. The average molecular weight is 584 g/mol. The normalized spacial score (nSPS) is 23.9. The van der Waals surface area contributed by atoms with Crippen LogP contribution in [0, 0.1) is 14.9 Å². The van der Waals surface area contributed by atoms with Crippen LogP contribution in [0.5, 0.6) is 5.75 Å². The first kappa shape index (κ1) is 24.3. The van der Waals surface area contributed by atoms with E-state index in [9.17, 15) is 4.79 Å². The van der Waals surface area contributed by atoms with Crippen molar-refractivity contribution in [1.29, 1.82) is 5.26 Å². The third-order valence-corrected chi connectivity index (χ3v) is 8.65. The maximum atomic E-state index is 12.8. The van der Waals surface area contributed by atoms with Crippen LogP contribution in [0.2, 0.25) is 5.02 Å². The zero-order valence-corrected chi connectivity index (χ0v) is 21.5. The number of benzene rings is 2. The van der Waals surface area contributed by atoms with Crippen molar-refractivity contribution >= 4 is 17.5 Å². The first-order valence-electron chi connectivity index (χ1n) is 11.2. The molecule has 1 amide bonds. The number of carbonyl (C=O) groups is 1. The second kappa shape index (κ2) is 12.0. The van der Waals surface area contributed by atoms with Crippen LogP contribution in [-0.2, 0) is 0 Å². The third-order valence-electron chi connectivity index (χ3n) is 5.65. The van der Waals surface area contributed by atoms with E-state index in [1.807, 2.05) is 30.4 Å². The molecule has 0 unspecified atom stereocenters. The van der Waals surface area contributed by atoms with Crippen LogP contribution < -0.4 is 31.3 Å². The van der Waals surface area contributed by atoms with Crippen molar-refractivity contribution in [3.63, 3.8) is 0 Å². The minimum atomic E-state index is -0.287. The van der Waals surface area contributed by atoms with E-state index in [-0.39, 0.29) is 39.3 Å². The molecule has 4 rings (SSSR count). The average Bonchev–Trinajstić information content (AvgIpc) is 2.82. The number of nitrogens with one attached hydrogen (secondary N) is 1. The zero-order valence-electron chi connectivity index (χ0n) is 18.6. The Balaban J connectivity index is 1.25. The van der Waals surface area contributed by atoms with E-state index >= 15 is 0 Å². The van der Waals surface area contributed by atoms with Gasteiger partial charge < -0.3 is 0 Å². The maximum absolute atomic E-state index is 12.8. The molecule has 2 aromatic carbocycles. The second-order valence-corrected chi connectivity index (χ2v) is 11.5. The molecule has 1 fully saturated rings. The number of nitrogens with zero attached hydrogens (tertiary/aromatic N) is 1. The summed E-state index contributed by atoms with van der Waals surface area (Å²) in [6, 6.07) is 15.3.